The molecule has 0 heterocycles. The van der Waals surface area contributed by atoms with Gasteiger partial charge in [0.25, 0.3) is 11.8 Å². The topological polar surface area (TPSA) is 58.2 Å². The van der Waals surface area contributed by atoms with Crippen LogP contribution in [0, 0.1) is 27.7 Å². The Balaban J connectivity index is 1.95. The van der Waals surface area contributed by atoms with Crippen molar-refractivity contribution in [2.45, 2.75) is 40.7 Å². The molecule has 0 fully saturated rings. The standard InChI is InChI=1S/C21H26N2O2/c1-13-6-8-15(3)18(10-13)20(24)22-12-17(5)23-21(25)19-11-14(2)7-9-16(19)4/h6-11,17H,12H2,1-5H3,(H,22,24)(H,23,25). The molecular weight excluding hydrogens is 312 g/mol. The molecule has 2 N–H and O–H groups in total. The molecule has 0 aromatic heterocycles. The van der Waals surface area contributed by atoms with E-state index in [4.69, 9.17) is 0 Å². The van der Waals surface area contributed by atoms with Gasteiger partial charge in [0, 0.05) is 23.7 Å². The Morgan fingerprint density at radius 1 is 0.840 bits per heavy atom. The summed E-state index contributed by atoms with van der Waals surface area (Å²) in [7, 11) is 0. The third-order valence-corrected chi connectivity index (χ3v) is 4.22. The predicted octanol–water partition coefficient (Wildman–Crippen LogP) is 3.47. The summed E-state index contributed by atoms with van der Waals surface area (Å²) in [4.78, 5) is 24.8. The van der Waals surface area contributed by atoms with Gasteiger partial charge in [0.15, 0.2) is 0 Å². The predicted molar refractivity (Wildman–Crippen MR) is 101 cm³/mol. The summed E-state index contributed by atoms with van der Waals surface area (Å²) >= 11 is 0. The minimum atomic E-state index is -0.165. The van der Waals surface area contributed by atoms with E-state index in [1.54, 1.807) is 0 Å². The fourth-order valence-corrected chi connectivity index (χ4v) is 2.65. The SMILES string of the molecule is Cc1ccc(C)c(C(=O)NCC(C)NC(=O)c2cc(C)ccc2C)c1. The molecule has 0 saturated carbocycles. The van der Waals surface area contributed by atoms with Gasteiger partial charge in [-0.2, -0.15) is 0 Å². The number of carbonyl (C=O) groups excluding carboxylic acids is 2. The van der Waals surface area contributed by atoms with E-state index in [1.807, 2.05) is 71.0 Å². The molecule has 1 atom stereocenters. The van der Waals surface area contributed by atoms with E-state index in [0.717, 1.165) is 22.3 Å². The van der Waals surface area contributed by atoms with Gasteiger partial charge in [0.05, 0.1) is 0 Å². The molecule has 4 heteroatoms. The third-order valence-electron chi connectivity index (χ3n) is 4.22. The quantitative estimate of drug-likeness (QED) is 0.877. The fourth-order valence-electron chi connectivity index (χ4n) is 2.65. The molecule has 2 aromatic carbocycles. The summed E-state index contributed by atoms with van der Waals surface area (Å²) in [6.07, 6.45) is 0. The molecule has 2 aromatic rings. The second kappa shape index (κ2) is 7.97. The lowest BCUT2D eigenvalue weighted by molar-refractivity contribution is 0.0911. The van der Waals surface area contributed by atoms with Crippen LogP contribution in [-0.4, -0.2) is 24.4 Å². The number of benzene rings is 2. The molecule has 25 heavy (non-hydrogen) atoms. The van der Waals surface area contributed by atoms with E-state index in [0.29, 0.717) is 17.7 Å². The van der Waals surface area contributed by atoms with E-state index in [2.05, 4.69) is 10.6 Å². The van der Waals surface area contributed by atoms with Gasteiger partial charge in [-0.15, -0.1) is 0 Å². The van der Waals surface area contributed by atoms with Crippen LogP contribution < -0.4 is 10.6 Å². The lowest BCUT2D eigenvalue weighted by Crippen LogP contribution is -2.42. The largest absolute Gasteiger partial charge is 0.350 e. The van der Waals surface area contributed by atoms with Crippen molar-refractivity contribution in [2.24, 2.45) is 0 Å². The summed E-state index contributed by atoms with van der Waals surface area (Å²) in [6.45, 7) is 10.0. The highest BCUT2D eigenvalue weighted by Gasteiger charge is 2.14. The van der Waals surface area contributed by atoms with Gasteiger partial charge < -0.3 is 10.6 Å². The number of rotatable bonds is 5. The highest BCUT2D eigenvalue weighted by Crippen LogP contribution is 2.11. The monoisotopic (exact) mass is 338 g/mol. The van der Waals surface area contributed by atoms with Crippen LogP contribution in [0.5, 0.6) is 0 Å². The maximum absolute atomic E-state index is 12.4. The lowest BCUT2D eigenvalue weighted by Gasteiger charge is -2.16. The van der Waals surface area contributed by atoms with Crippen LogP contribution in [-0.2, 0) is 0 Å². The Morgan fingerprint density at radius 2 is 1.32 bits per heavy atom. The molecule has 0 radical (unpaired) electrons. The van der Waals surface area contributed by atoms with Gasteiger partial charge in [0.2, 0.25) is 0 Å². The normalized spacial score (nSPS) is 11.7. The molecule has 132 valence electrons. The molecule has 0 spiro atoms. The average molecular weight is 338 g/mol. The molecule has 0 aliphatic rings. The smallest absolute Gasteiger partial charge is 0.251 e. The first-order chi connectivity index (χ1) is 11.8. The van der Waals surface area contributed by atoms with Crippen molar-refractivity contribution in [3.8, 4) is 0 Å². The molecular formula is C21H26N2O2. The van der Waals surface area contributed by atoms with Crippen molar-refractivity contribution in [3.63, 3.8) is 0 Å². The van der Waals surface area contributed by atoms with E-state index in [-0.39, 0.29) is 17.9 Å². The van der Waals surface area contributed by atoms with Crippen LogP contribution in [0.15, 0.2) is 36.4 Å². The van der Waals surface area contributed by atoms with Crippen LogP contribution in [0.4, 0.5) is 0 Å². The molecule has 2 rings (SSSR count). The Bertz CT molecular complexity index is 796. The van der Waals surface area contributed by atoms with Gasteiger partial charge in [0.1, 0.15) is 0 Å². The summed E-state index contributed by atoms with van der Waals surface area (Å²) < 4.78 is 0. The van der Waals surface area contributed by atoms with E-state index >= 15 is 0 Å². The number of hydrogen-bond acceptors (Lipinski definition) is 2. The van der Waals surface area contributed by atoms with Crippen LogP contribution in [0.3, 0.4) is 0 Å². The molecule has 1 unspecified atom stereocenters. The second-order valence-corrected chi connectivity index (χ2v) is 6.72. The van der Waals surface area contributed by atoms with Gasteiger partial charge >= 0.3 is 0 Å². The van der Waals surface area contributed by atoms with Gasteiger partial charge in [-0.3, -0.25) is 9.59 Å². The van der Waals surface area contributed by atoms with E-state index in [1.165, 1.54) is 0 Å². The highest BCUT2D eigenvalue weighted by atomic mass is 16.2. The Hall–Kier alpha value is -2.62. The van der Waals surface area contributed by atoms with E-state index in [9.17, 15) is 9.59 Å². The number of amides is 2. The number of carbonyl (C=O) groups is 2. The molecule has 2 amide bonds. The molecule has 4 nitrogen and oxygen atoms in total. The van der Waals surface area contributed by atoms with Crippen LogP contribution in [0.25, 0.3) is 0 Å². The first kappa shape index (κ1) is 18.7. The van der Waals surface area contributed by atoms with Crippen molar-refractivity contribution in [3.05, 3.63) is 69.8 Å². The minimum Gasteiger partial charge on any atom is -0.350 e. The van der Waals surface area contributed by atoms with Crippen LogP contribution >= 0.6 is 0 Å². The van der Waals surface area contributed by atoms with Crippen molar-refractivity contribution >= 4 is 11.8 Å². The zero-order valence-electron chi connectivity index (χ0n) is 15.6. The minimum absolute atomic E-state index is 0.116. The van der Waals surface area contributed by atoms with E-state index < -0.39 is 0 Å². The molecule has 0 aliphatic heterocycles. The van der Waals surface area contributed by atoms with Crippen molar-refractivity contribution in [1.82, 2.24) is 10.6 Å². The molecule has 0 aliphatic carbocycles. The fraction of sp³-hybridized carbons (Fsp3) is 0.333. The second-order valence-electron chi connectivity index (χ2n) is 6.72. The third kappa shape index (κ3) is 4.92. The zero-order valence-corrected chi connectivity index (χ0v) is 15.6. The molecule has 0 bridgehead atoms. The van der Waals surface area contributed by atoms with Crippen molar-refractivity contribution in [1.29, 1.82) is 0 Å². The number of aryl methyl sites for hydroxylation is 4. The first-order valence-corrected chi connectivity index (χ1v) is 8.51. The Kier molecular flexibility index (Phi) is 5.97. The van der Waals surface area contributed by atoms with Crippen molar-refractivity contribution in [2.75, 3.05) is 6.54 Å². The number of hydrogen-bond donors (Lipinski definition) is 2. The maximum atomic E-state index is 12.4. The summed E-state index contributed by atoms with van der Waals surface area (Å²) in [5.74, 6) is -0.233. The Labute approximate surface area is 149 Å². The summed E-state index contributed by atoms with van der Waals surface area (Å²) in [5.41, 5.74) is 5.32. The highest BCUT2D eigenvalue weighted by molar-refractivity contribution is 5.97. The van der Waals surface area contributed by atoms with Crippen LogP contribution in [0.2, 0.25) is 0 Å². The average Bonchev–Trinajstić information content (AvgIpc) is 2.57. The van der Waals surface area contributed by atoms with Crippen LogP contribution in [0.1, 0.15) is 49.9 Å². The van der Waals surface area contributed by atoms with Gasteiger partial charge in [-0.05, 0) is 57.9 Å². The first-order valence-electron chi connectivity index (χ1n) is 8.51. The van der Waals surface area contributed by atoms with Gasteiger partial charge in [-0.25, -0.2) is 0 Å². The number of nitrogens with one attached hydrogen (secondary N) is 2. The summed E-state index contributed by atoms with van der Waals surface area (Å²) in [5, 5.41) is 5.84. The van der Waals surface area contributed by atoms with Crippen molar-refractivity contribution < 1.29 is 9.59 Å². The lowest BCUT2D eigenvalue weighted by atomic mass is 10.0. The summed E-state index contributed by atoms with van der Waals surface area (Å²) in [6, 6.07) is 11.4. The molecule has 0 saturated heterocycles. The Morgan fingerprint density at radius 3 is 1.84 bits per heavy atom. The zero-order chi connectivity index (χ0) is 18.6. The maximum Gasteiger partial charge on any atom is 0.251 e. The van der Waals surface area contributed by atoms with Gasteiger partial charge in [-0.1, -0.05) is 35.4 Å².